The molecule has 1 N–H and O–H groups in total. The summed E-state index contributed by atoms with van der Waals surface area (Å²) in [6.07, 6.45) is -7.36. The van der Waals surface area contributed by atoms with Crippen LogP contribution in [0.3, 0.4) is 0 Å². The highest BCUT2D eigenvalue weighted by Gasteiger charge is 2.85. The van der Waals surface area contributed by atoms with Gasteiger partial charge in [-0.3, -0.25) is 0 Å². The monoisotopic (exact) mass is 377 g/mol. The second kappa shape index (κ2) is 4.87. The van der Waals surface area contributed by atoms with Crippen molar-refractivity contribution in [1.29, 1.82) is 0 Å². The largest absolute Gasteiger partial charge is 0.460 e. The zero-order chi connectivity index (χ0) is 17.7. The summed E-state index contributed by atoms with van der Waals surface area (Å²) in [5.74, 6) is -14.9. The minimum atomic E-state index is -7.48. The van der Waals surface area contributed by atoms with Crippen molar-refractivity contribution in [3.8, 4) is 0 Å². The van der Waals surface area contributed by atoms with Gasteiger partial charge in [0.15, 0.2) is 0 Å². The van der Waals surface area contributed by atoms with Crippen LogP contribution in [0, 0.1) is 0 Å². The van der Waals surface area contributed by atoms with E-state index in [1.807, 2.05) is 0 Å². The van der Waals surface area contributed by atoms with Crippen molar-refractivity contribution >= 4 is 20.0 Å². The first kappa shape index (κ1) is 20.2. The third kappa shape index (κ3) is 3.36. The van der Waals surface area contributed by atoms with Crippen LogP contribution in [0.25, 0.3) is 0 Å². The lowest BCUT2D eigenvalue weighted by Gasteiger charge is -2.32. The summed E-state index contributed by atoms with van der Waals surface area (Å²) in [7, 11) is -12.3. The quantitative estimate of drug-likeness (QED) is 0.733. The Labute approximate surface area is 111 Å². The van der Waals surface area contributed by atoms with E-state index >= 15 is 0 Å². The number of nitrogens with one attached hydrogen (secondary N) is 1. The highest BCUT2D eigenvalue weighted by Crippen LogP contribution is 2.54. The Morgan fingerprint density at radius 2 is 1.05 bits per heavy atom. The minimum Gasteiger partial charge on any atom is -0.212 e. The van der Waals surface area contributed by atoms with Crippen LogP contribution in [0.15, 0.2) is 0 Å². The molecule has 0 atom stereocenters. The van der Waals surface area contributed by atoms with Gasteiger partial charge in [0.25, 0.3) is 10.0 Å². The minimum absolute atomic E-state index is 0.121. The molecule has 0 aliphatic carbocycles. The van der Waals surface area contributed by atoms with Gasteiger partial charge in [0, 0.05) is 0 Å². The molecule has 128 valence electrons. The highest BCUT2D eigenvalue weighted by atomic mass is 32.3. The Hall–Kier alpha value is -0.770. The van der Waals surface area contributed by atoms with Crippen LogP contribution < -0.4 is 4.13 Å². The molecule has 0 aliphatic heterocycles. The van der Waals surface area contributed by atoms with Gasteiger partial charge in [-0.25, -0.2) is 16.8 Å². The van der Waals surface area contributed by atoms with Gasteiger partial charge >= 0.3 is 23.3 Å². The first-order valence-electron chi connectivity index (χ1n) is 4.14. The predicted molar refractivity (Wildman–Crippen MR) is 47.8 cm³/mol. The van der Waals surface area contributed by atoms with E-state index in [2.05, 4.69) is 0 Å². The van der Waals surface area contributed by atoms with Crippen LogP contribution in [0.4, 0.5) is 39.5 Å². The maximum atomic E-state index is 12.9. The molecule has 0 saturated heterocycles. The maximum absolute atomic E-state index is 12.9. The fourth-order valence-electron chi connectivity index (χ4n) is 0.781. The zero-order valence-corrected chi connectivity index (χ0v) is 11.0. The molecule has 0 bridgehead atoms. The summed E-state index contributed by atoms with van der Waals surface area (Å²) in [5.41, 5.74) is 0. The Morgan fingerprint density at radius 1 is 0.714 bits per heavy atom. The van der Waals surface area contributed by atoms with Crippen molar-refractivity contribution in [1.82, 2.24) is 4.13 Å². The van der Waals surface area contributed by atoms with Crippen LogP contribution in [-0.2, 0) is 20.0 Å². The third-order valence-corrected chi connectivity index (χ3v) is 4.73. The Balaban J connectivity index is 6.14. The van der Waals surface area contributed by atoms with Gasteiger partial charge in [-0.15, -0.1) is 4.13 Å². The summed E-state index contributed by atoms with van der Waals surface area (Å²) in [6.45, 7) is 0. The fourth-order valence-corrected chi connectivity index (χ4v) is 3.26. The maximum Gasteiger partial charge on any atom is 0.460 e. The number of hydrogen-bond donors (Lipinski definition) is 1. The molecule has 0 heterocycles. The van der Waals surface area contributed by atoms with Gasteiger partial charge in [0.05, 0.1) is 6.26 Å². The van der Waals surface area contributed by atoms with Gasteiger partial charge in [-0.1, -0.05) is 0 Å². The standard InChI is InChI=1S/C5H4F9NO4S2/c1-20(16,17)15-21(18,19)5(13,14)3(8,9)2(6,7)4(10,11)12/h15H,1H3. The molecule has 16 heteroatoms. The number of sulfonamides is 2. The second-order valence-electron chi connectivity index (χ2n) is 3.52. The molecule has 0 aromatic heterocycles. The summed E-state index contributed by atoms with van der Waals surface area (Å²) < 4.78 is 153. The van der Waals surface area contributed by atoms with Crippen molar-refractivity contribution in [2.75, 3.05) is 6.26 Å². The van der Waals surface area contributed by atoms with Gasteiger partial charge in [-0.05, 0) is 0 Å². The van der Waals surface area contributed by atoms with Crippen LogP contribution >= 0.6 is 0 Å². The van der Waals surface area contributed by atoms with Crippen LogP contribution in [0.5, 0.6) is 0 Å². The second-order valence-corrected chi connectivity index (χ2v) is 7.25. The van der Waals surface area contributed by atoms with Crippen molar-refractivity contribution in [3.05, 3.63) is 0 Å². The average molecular weight is 377 g/mol. The Bertz CT molecular complexity index is 605. The van der Waals surface area contributed by atoms with Crippen LogP contribution in [0.2, 0.25) is 0 Å². The molecule has 0 aromatic carbocycles. The molecule has 0 saturated carbocycles. The van der Waals surface area contributed by atoms with Crippen molar-refractivity contribution in [2.45, 2.75) is 23.3 Å². The molecule has 0 fully saturated rings. The molecule has 0 radical (unpaired) electrons. The van der Waals surface area contributed by atoms with Gasteiger partial charge in [0.1, 0.15) is 0 Å². The summed E-state index contributed by atoms with van der Waals surface area (Å²) in [6, 6.07) is 0. The number of halogens is 9. The van der Waals surface area contributed by atoms with E-state index < -0.39 is 43.3 Å². The van der Waals surface area contributed by atoms with E-state index in [9.17, 15) is 56.3 Å². The normalized spacial score (nSPS) is 16.1. The number of alkyl halides is 9. The van der Waals surface area contributed by atoms with Gasteiger partial charge < -0.3 is 0 Å². The fraction of sp³-hybridized carbons (Fsp3) is 1.00. The zero-order valence-electron chi connectivity index (χ0n) is 9.35. The first-order valence-corrected chi connectivity index (χ1v) is 7.51. The van der Waals surface area contributed by atoms with Crippen molar-refractivity contribution in [3.63, 3.8) is 0 Å². The van der Waals surface area contributed by atoms with E-state index in [4.69, 9.17) is 0 Å². The number of hydrogen-bond acceptors (Lipinski definition) is 4. The van der Waals surface area contributed by atoms with Crippen molar-refractivity contribution < 1.29 is 56.3 Å². The first-order chi connectivity index (χ1) is 8.71. The van der Waals surface area contributed by atoms with E-state index in [0.717, 1.165) is 0 Å². The molecule has 5 nitrogen and oxygen atoms in total. The van der Waals surface area contributed by atoms with Crippen molar-refractivity contribution in [2.24, 2.45) is 0 Å². The molecular weight excluding hydrogens is 373 g/mol. The lowest BCUT2D eigenvalue weighted by Crippen LogP contribution is -2.65. The molecule has 0 aromatic rings. The number of rotatable bonds is 5. The van der Waals surface area contributed by atoms with Gasteiger partial charge in [-0.2, -0.15) is 39.5 Å². The molecular formula is C5H4F9NO4S2. The predicted octanol–water partition coefficient (Wildman–Crippen LogP) is 1.29. The SMILES string of the molecule is CS(=O)(=O)NS(=O)(=O)C(F)(F)C(F)(F)C(F)(F)C(F)(F)F. The summed E-state index contributed by atoms with van der Waals surface area (Å²) in [4.78, 5) is 0. The molecule has 0 unspecified atom stereocenters. The topological polar surface area (TPSA) is 80.3 Å². The molecule has 0 aliphatic rings. The average Bonchev–Trinajstić information content (AvgIpc) is 2.10. The Kier molecular flexibility index (Phi) is 4.69. The highest BCUT2D eigenvalue weighted by molar-refractivity contribution is 8.04. The Morgan fingerprint density at radius 3 is 1.29 bits per heavy atom. The van der Waals surface area contributed by atoms with E-state index in [0.29, 0.717) is 0 Å². The lowest BCUT2D eigenvalue weighted by molar-refractivity contribution is -0.382. The van der Waals surface area contributed by atoms with Crippen LogP contribution in [0.1, 0.15) is 0 Å². The van der Waals surface area contributed by atoms with E-state index in [1.165, 1.54) is 0 Å². The molecule has 0 rings (SSSR count). The third-order valence-electron chi connectivity index (χ3n) is 1.71. The molecule has 21 heavy (non-hydrogen) atoms. The summed E-state index contributed by atoms with van der Waals surface area (Å²) >= 11 is 0. The molecule has 0 amide bonds. The smallest absolute Gasteiger partial charge is 0.212 e. The van der Waals surface area contributed by atoms with E-state index in [-0.39, 0.29) is 10.4 Å². The van der Waals surface area contributed by atoms with Crippen LogP contribution in [-0.4, -0.2) is 46.4 Å². The molecule has 0 spiro atoms. The lowest BCUT2D eigenvalue weighted by atomic mass is 10.1. The van der Waals surface area contributed by atoms with E-state index in [1.54, 1.807) is 0 Å². The summed E-state index contributed by atoms with van der Waals surface area (Å²) in [5, 5.41) is -7.08. The van der Waals surface area contributed by atoms with Gasteiger partial charge in [0.2, 0.25) is 10.0 Å².